The van der Waals surface area contributed by atoms with Crippen LogP contribution >= 0.6 is 23.4 Å². The molecule has 0 radical (unpaired) electrons. The van der Waals surface area contributed by atoms with Crippen LogP contribution in [0.4, 0.5) is 5.82 Å². The van der Waals surface area contributed by atoms with Crippen molar-refractivity contribution < 1.29 is 0 Å². The summed E-state index contributed by atoms with van der Waals surface area (Å²) in [6.07, 6.45) is 0.463. The Bertz CT molecular complexity index is 710. The summed E-state index contributed by atoms with van der Waals surface area (Å²) in [6, 6.07) is 9.61. The molecule has 0 aliphatic carbocycles. The molecule has 0 spiro atoms. The number of rotatable bonds is 5. The highest BCUT2D eigenvalue weighted by Crippen LogP contribution is 2.25. The molecular weight excluding hydrogens is 316 g/mol. The molecule has 1 aromatic carbocycles. The molecule has 22 heavy (non-hydrogen) atoms. The van der Waals surface area contributed by atoms with Crippen molar-refractivity contribution in [2.24, 2.45) is 5.92 Å². The van der Waals surface area contributed by atoms with Crippen LogP contribution in [0, 0.1) is 17.2 Å². The van der Waals surface area contributed by atoms with Crippen LogP contribution in [0.1, 0.15) is 30.7 Å². The summed E-state index contributed by atoms with van der Waals surface area (Å²) in [5.41, 5.74) is 7.77. The molecule has 0 unspecified atom stereocenters. The zero-order valence-corrected chi connectivity index (χ0v) is 14.1. The Balaban J connectivity index is 2.36. The third kappa shape index (κ3) is 4.12. The minimum atomic E-state index is 0.228. The first-order chi connectivity index (χ1) is 10.5. The number of nitrogen functional groups attached to an aromatic ring is 1. The van der Waals surface area contributed by atoms with E-state index < -0.39 is 0 Å². The zero-order chi connectivity index (χ0) is 16.1. The van der Waals surface area contributed by atoms with Crippen molar-refractivity contribution in [2.75, 3.05) is 11.5 Å². The second-order valence-electron chi connectivity index (χ2n) is 5.30. The van der Waals surface area contributed by atoms with Crippen LogP contribution in [0.25, 0.3) is 0 Å². The Kier molecular flexibility index (Phi) is 5.64. The summed E-state index contributed by atoms with van der Waals surface area (Å²) < 4.78 is 0. The molecule has 2 rings (SSSR count). The molecule has 1 aromatic heterocycles. The number of hydrogen-bond acceptors (Lipinski definition) is 5. The summed E-state index contributed by atoms with van der Waals surface area (Å²) in [4.78, 5) is 8.72. The molecule has 0 aliphatic rings. The molecular formula is C16H17ClN4S. The third-order valence-corrected chi connectivity index (χ3v) is 4.61. The summed E-state index contributed by atoms with van der Waals surface area (Å²) in [5.74, 6) is 1.65. The lowest BCUT2D eigenvalue weighted by Crippen LogP contribution is -2.07. The fourth-order valence-corrected chi connectivity index (χ4v) is 2.90. The highest BCUT2D eigenvalue weighted by molar-refractivity contribution is 7.99. The lowest BCUT2D eigenvalue weighted by molar-refractivity contribution is 0.747. The van der Waals surface area contributed by atoms with Gasteiger partial charge in [-0.05, 0) is 17.5 Å². The van der Waals surface area contributed by atoms with Crippen molar-refractivity contribution in [3.8, 4) is 6.07 Å². The predicted octanol–water partition coefficient (Wildman–Crippen LogP) is 3.92. The largest absolute Gasteiger partial charge is 0.382 e. The van der Waals surface area contributed by atoms with Gasteiger partial charge >= 0.3 is 0 Å². The lowest BCUT2D eigenvalue weighted by Gasteiger charge is -2.10. The number of benzene rings is 1. The first-order valence-electron chi connectivity index (χ1n) is 6.94. The Morgan fingerprint density at radius 2 is 2.05 bits per heavy atom. The SMILES string of the molecule is CC(C)CSc1nc(N)c(C#N)c(Cc2ccccc2Cl)n1. The van der Waals surface area contributed by atoms with Gasteiger partial charge < -0.3 is 5.73 Å². The maximum Gasteiger partial charge on any atom is 0.189 e. The van der Waals surface area contributed by atoms with Gasteiger partial charge in [-0.3, -0.25) is 0 Å². The fourth-order valence-electron chi connectivity index (χ4n) is 1.88. The molecule has 6 heteroatoms. The number of halogens is 1. The van der Waals surface area contributed by atoms with Crippen molar-refractivity contribution in [1.82, 2.24) is 9.97 Å². The Morgan fingerprint density at radius 1 is 1.32 bits per heavy atom. The van der Waals surface area contributed by atoms with Gasteiger partial charge in [0.25, 0.3) is 0 Å². The van der Waals surface area contributed by atoms with E-state index in [9.17, 15) is 5.26 Å². The molecule has 2 N–H and O–H groups in total. The fraction of sp³-hybridized carbons (Fsp3) is 0.312. The van der Waals surface area contributed by atoms with E-state index in [1.165, 1.54) is 0 Å². The molecule has 0 saturated carbocycles. The normalized spacial score (nSPS) is 10.7. The van der Waals surface area contributed by atoms with Gasteiger partial charge in [0, 0.05) is 17.2 Å². The van der Waals surface area contributed by atoms with Gasteiger partial charge in [-0.1, -0.05) is 55.4 Å². The van der Waals surface area contributed by atoms with E-state index in [1.54, 1.807) is 11.8 Å². The molecule has 114 valence electrons. The van der Waals surface area contributed by atoms with E-state index >= 15 is 0 Å². The maximum absolute atomic E-state index is 9.31. The van der Waals surface area contributed by atoms with Gasteiger partial charge in [-0.25, -0.2) is 9.97 Å². The molecule has 0 bridgehead atoms. The quantitative estimate of drug-likeness (QED) is 0.663. The smallest absolute Gasteiger partial charge is 0.189 e. The Labute approximate surface area is 139 Å². The molecule has 4 nitrogen and oxygen atoms in total. The molecule has 0 fully saturated rings. The third-order valence-electron chi connectivity index (χ3n) is 2.96. The molecule has 1 heterocycles. The molecule has 0 amide bonds. The minimum Gasteiger partial charge on any atom is -0.382 e. The molecule has 2 aromatic rings. The summed E-state index contributed by atoms with van der Waals surface area (Å²) in [7, 11) is 0. The van der Waals surface area contributed by atoms with Gasteiger partial charge in [0.05, 0.1) is 5.69 Å². The summed E-state index contributed by atoms with van der Waals surface area (Å²) >= 11 is 7.74. The standard InChI is InChI=1S/C16H17ClN4S/c1-10(2)9-22-16-20-14(12(8-18)15(19)21-16)7-11-5-3-4-6-13(11)17/h3-6,10H,7,9H2,1-2H3,(H2,19,20,21). The van der Waals surface area contributed by atoms with Crippen molar-refractivity contribution in [3.63, 3.8) is 0 Å². The van der Waals surface area contributed by atoms with Crippen LogP contribution < -0.4 is 5.73 Å². The summed E-state index contributed by atoms with van der Waals surface area (Å²) in [5, 5.41) is 10.6. The molecule has 0 aliphatic heterocycles. The molecule has 0 saturated heterocycles. The van der Waals surface area contributed by atoms with Crippen LogP contribution in [-0.2, 0) is 6.42 Å². The number of aromatic nitrogens is 2. The lowest BCUT2D eigenvalue weighted by atomic mass is 10.1. The van der Waals surface area contributed by atoms with Crippen molar-refractivity contribution >= 4 is 29.2 Å². The first-order valence-corrected chi connectivity index (χ1v) is 8.30. The van der Waals surface area contributed by atoms with E-state index in [-0.39, 0.29) is 5.82 Å². The number of nitrogens with two attached hydrogens (primary N) is 1. The van der Waals surface area contributed by atoms with Gasteiger partial charge in [0.15, 0.2) is 5.16 Å². The van der Waals surface area contributed by atoms with Gasteiger partial charge in [0.2, 0.25) is 0 Å². The molecule has 0 atom stereocenters. The zero-order valence-electron chi connectivity index (χ0n) is 12.5. The van der Waals surface area contributed by atoms with Crippen LogP contribution in [0.3, 0.4) is 0 Å². The van der Waals surface area contributed by atoms with E-state index in [0.717, 1.165) is 11.3 Å². The minimum absolute atomic E-state index is 0.228. The number of thioether (sulfide) groups is 1. The van der Waals surface area contributed by atoms with Crippen molar-refractivity contribution in [1.29, 1.82) is 5.26 Å². The van der Waals surface area contributed by atoms with Crippen LogP contribution in [0.2, 0.25) is 5.02 Å². The second-order valence-corrected chi connectivity index (χ2v) is 6.69. The van der Waals surface area contributed by atoms with Crippen LogP contribution in [0.15, 0.2) is 29.4 Å². The topological polar surface area (TPSA) is 75.6 Å². The average Bonchev–Trinajstić information content (AvgIpc) is 2.47. The predicted molar refractivity (Wildman–Crippen MR) is 91.0 cm³/mol. The summed E-state index contributed by atoms with van der Waals surface area (Å²) in [6.45, 7) is 4.26. The monoisotopic (exact) mass is 332 g/mol. The highest BCUT2D eigenvalue weighted by Gasteiger charge is 2.14. The maximum atomic E-state index is 9.31. The van der Waals surface area contributed by atoms with E-state index in [4.69, 9.17) is 17.3 Å². The van der Waals surface area contributed by atoms with Crippen LogP contribution in [0.5, 0.6) is 0 Å². The van der Waals surface area contributed by atoms with Crippen LogP contribution in [-0.4, -0.2) is 15.7 Å². The highest BCUT2D eigenvalue weighted by atomic mass is 35.5. The van der Waals surface area contributed by atoms with Gasteiger partial charge in [-0.2, -0.15) is 5.26 Å². The number of nitrogens with zero attached hydrogens (tertiary/aromatic N) is 3. The van der Waals surface area contributed by atoms with Crippen molar-refractivity contribution in [3.05, 3.63) is 46.1 Å². The van der Waals surface area contributed by atoms with E-state index in [2.05, 4.69) is 29.9 Å². The van der Waals surface area contributed by atoms with E-state index in [1.807, 2.05) is 24.3 Å². The second kappa shape index (κ2) is 7.48. The van der Waals surface area contributed by atoms with Gasteiger partial charge in [-0.15, -0.1) is 0 Å². The Morgan fingerprint density at radius 3 is 2.68 bits per heavy atom. The Hall–Kier alpha value is -1.77. The van der Waals surface area contributed by atoms with E-state index in [0.29, 0.717) is 33.8 Å². The van der Waals surface area contributed by atoms with Gasteiger partial charge in [0.1, 0.15) is 17.5 Å². The first kappa shape index (κ1) is 16.6. The average molecular weight is 333 g/mol. The number of anilines is 1. The number of nitriles is 1. The van der Waals surface area contributed by atoms with Crippen molar-refractivity contribution in [2.45, 2.75) is 25.4 Å². The number of hydrogen-bond donors (Lipinski definition) is 1.